The molecule has 2 heterocycles. The van der Waals surface area contributed by atoms with Crippen molar-refractivity contribution in [2.45, 2.75) is 20.4 Å². The standard InChI is InChI=1S/C13H15N3OS/c1-8-6-10(18-9(8)2)7-16-13-11(12(14)17)4-3-5-15-13/h3-6H,7H2,1-2H3,(H2,14,17)(H,15,16). The number of nitrogens with zero attached hydrogens (tertiary/aromatic N) is 1. The molecule has 0 spiro atoms. The lowest BCUT2D eigenvalue weighted by Crippen LogP contribution is -2.15. The molecule has 0 bridgehead atoms. The van der Waals surface area contributed by atoms with Crippen LogP contribution in [0, 0.1) is 13.8 Å². The van der Waals surface area contributed by atoms with Crippen LogP contribution < -0.4 is 11.1 Å². The molecule has 0 fully saturated rings. The molecular weight excluding hydrogens is 246 g/mol. The summed E-state index contributed by atoms with van der Waals surface area (Å²) in [5, 5.41) is 3.15. The van der Waals surface area contributed by atoms with Gasteiger partial charge in [0.05, 0.1) is 12.1 Å². The summed E-state index contributed by atoms with van der Waals surface area (Å²) in [5.74, 6) is 0.0675. The molecule has 2 rings (SSSR count). The lowest BCUT2D eigenvalue weighted by molar-refractivity contribution is 0.100. The quantitative estimate of drug-likeness (QED) is 0.888. The van der Waals surface area contributed by atoms with Crippen LogP contribution in [0.25, 0.3) is 0 Å². The third-order valence-corrected chi connectivity index (χ3v) is 3.87. The topological polar surface area (TPSA) is 68.0 Å². The summed E-state index contributed by atoms with van der Waals surface area (Å²) in [6.45, 7) is 4.83. The maximum atomic E-state index is 11.2. The first-order chi connectivity index (χ1) is 8.58. The maximum Gasteiger partial charge on any atom is 0.252 e. The van der Waals surface area contributed by atoms with E-state index in [1.54, 1.807) is 29.7 Å². The lowest BCUT2D eigenvalue weighted by atomic mass is 10.2. The second-order valence-electron chi connectivity index (χ2n) is 4.07. The van der Waals surface area contributed by atoms with Crippen LogP contribution >= 0.6 is 11.3 Å². The van der Waals surface area contributed by atoms with E-state index in [0.29, 0.717) is 17.9 Å². The molecular formula is C13H15N3OS. The molecule has 3 N–H and O–H groups in total. The van der Waals surface area contributed by atoms with Crippen molar-refractivity contribution in [1.29, 1.82) is 0 Å². The first kappa shape index (κ1) is 12.6. The Labute approximate surface area is 110 Å². The molecule has 0 radical (unpaired) electrons. The Hall–Kier alpha value is -1.88. The fraction of sp³-hybridized carbons (Fsp3) is 0.231. The second kappa shape index (κ2) is 5.18. The summed E-state index contributed by atoms with van der Waals surface area (Å²) >= 11 is 1.74. The molecule has 0 aliphatic carbocycles. The van der Waals surface area contributed by atoms with Gasteiger partial charge < -0.3 is 11.1 Å². The average Bonchev–Trinajstić information content (AvgIpc) is 2.66. The van der Waals surface area contributed by atoms with Crippen LogP contribution in [0.4, 0.5) is 5.82 Å². The number of amides is 1. The summed E-state index contributed by atoms with van der Waals surface area (Å²) in [7, 11) is 0. The highest BCUT2D eigenvalue weighted by Gasteiger charge is 2.09. The van der Waals surface area contributed by atoms with Crippen molar-refractivity contribution < 1.29 is 4.79 Å². The van der Waals surface area contributed by atoms with E-state index >= 15 is 0 Å². The normalized spacial score (nSPS) is 10.3. The van der Waals surface area contributed by atoms with Crippen molar-refractivity contribution in [3.05, 3.63) is 45.3 Å². The molecule has 0 aliphatic heterocycles. The van der Waals surface area contributed by atoms with Gasteiger partial charge >= 0.3 is 0 Å². The van der Waals surface area contributed by atoms with Gasteiger partial charge in [0.15, 0.2) is 0 Å². The number of hydrogen-bond donors (Lipinski definition) is 2. The molecule has 4 nitrogen and oxygen atoms in total. The van der Waals surface area contributed by atoms with E-state index in [4.69, 9.17) is 5.73 Å². The largest absolute Gasteiger partial charge is 0.365 e. The Morgan fingerprint density at radius 2 is 2.28 bits per heavy atom. The molecule has 5 heteroatoms. The van der Waals surface area contributed by atoms with Gasteiger partial charge in [-0.3, -0.25) is 4.79 Å². The van der Waals surface area contributed by atoms with Crippen molar-refractivity contribution in [2.24, 2.45) is 5.73 Å². The number of rotatable bonds is 4. The number of carbonyl (C=O) groups is 1. The highest BCUT2D eigenvalue weighted by atomic mass is 32.1. The summed E-state index contributed by atoms with van der Waals surface area (Å²) in [6, 6.07) is 5.51. The third kappa shape index (κ3) is 2.68. The van der Waals surface area contributed by atoms with E-state index in [1.165, 1.54) is 15.3 Å². The highest BCUT2D eigenvalue weighted by Crippen LogP contribution is 2.21. The van der Waals surface area contributed by atoms with Gasteiger partial charge in [0.2, 0.25) is 0 Å². The number of nitrogens with one attached hydrogen (secondary N) is 1. The number of anilines is 1. The molecule has 94 valence electrons. The zero-order valence-electron chi connectivity index (χ0n) is 10.4. The van der Waals surface area contributed by atoms with Gasteiger partial charge in [0, 0.05) is 16.0 Å². The average molecular weight is 261 g/mol. The van der Waals surface area contributed by atoms with E-state index < -0.39 is 5.91 Å². The monoisotopic (exact) mass is 261 g/mol. The fourth-order valence-corrected chi connectivity index (χ4v) is 2.65. The van der Waals surface area contributed by atoms with Gasteiger partial charge in [-0.15, -0.1) is 11.3 Å². The molecule has 2 aromatic rings. The van der Waals surface area contributed by atoms with Crippen LogP contribution in [0.15, 0.2) is 24.4 Å². The Balaban J connectivity index is 2.13. The minimum Gasteiger partial charge on any atom is -0.365 e. The predicted octanol–water partition coefficient (Wildman–Crippen LogP) is 2.47. The van der Waals surface area contributed by atoms with Gasteiger partial charge in [-0.2, -0.15) is 0 Å². The maximum absolute atomic E-state index is 11.2. The molecule has 0 atom stereocenters. The van der Waals surface area contributed by atoms with Crippen molar-refractivity contribution in [3.8, 4) is 0 Å². The van der Waals surface area contributed by atoms with E-state index in [9.17, 15) is 4.79 Å². The predicted molar refractivity (Wildman–Crippen MR) is 73.9 cm³/mol. The Morgan fingerprint density at radius 3 is 2.89 bits per heavy atom. The van der Waals surface area contributed by atoms with Crippen molar-refractivity contribution >= 4 is 23.1 Å². The van der Waals surface area contributed by atoms with Crippen molar-refractivity contribution in [3.63, 3.8) is 0 Å². The summed E-state index contributed by atoms with van der Waals surface area (Å²) < 4.78 is 0. The first-order valence-corrected chi connectivity index (χ1v) is 6.44. The van der Waals surface area contributed by atoms with Crippen LogP contribution in [0.2, 0.25) is 0 Å². The molecule has 18 heavy (non-hydrogen) atoms. The summed E-state index contributed by atoms with van der Waals surface area (Å²) in [5.41, 5.74) is 7.00. The SMILES string of the molecule is Cc1cc(CNc2ncccc2C(N)=O)sc1C. The zero-order chi connectivity index (χ0) is 13.1. The molecule has 2 aromatic heterocycles. The summed E-state index contributed by atoms with van der Waals surface area (Å²) in [6.07, 6.45) is 1.64. The van der Waals surface area contributed by atoms with Crippen molar-refractivity contribution in [1.82, 2.24) is 4.98 Å². The van der Waals surface area contributed by atoms with Crippen LogP contribution in [0.5, 0.6) is 0 Å². The number of primary amides is 1. The number of carbonyl (C=O) groups excluding carboxylic acids is 1. The third-order valence-electron chi connectivity index (χ3n) is 2.72. The van der Waals surface area contributed by atoms with E-state index in [1.807, 2.05) is 0 Å². The Bertz CT molecular complexity index is 558. The van der Waals surface area contributed by atoms with Crippen molar-refractivity contribution in [2.75, 3.05) is 5.32 Å². The molecule has 0 saturated heterocycles. The van der Waals surface area contributed by atoms with Gasteiger partial charge in [-0.05, 0) is 37.6 Å². The van der Waals surface area contributed by atoms with Crippen LogP contribution in [0.3, 0.4) is 0 Å². The second-order valence-corrected chi connectivity index (χ2v) is 5.41. The number of aromatic nitrogens is 1. The van der Waals surface area contributed by atoms with Gasteiger partial charge in [0.1, 0.15) is 5.82 Å². The van der Waals surface area contributed by atoms with Crippen LogP contribution in [-0.4, -0.2) is 10.9 Å². The van der Waals surface area contributed by atoms with Gasteiger partial charge in [-0.25, -0.2) is 4.98 Å². The number of thiophene rings is 1. The molecule has 0 unspecified atom stereocenters. The van der Waals surface area contributed by atoms with Crippen LogP contribution in [-0.2, 0) is 6.54 Å². The lowest BCUT2D eigenvalue weighted by Gasteiger charge is -2.07. The molecule has 0 saturated carbocycles. The molecule has 1 amide bonds. The number of hydrogen-bond acceptors (Lipinski definition) is 4. The summed E-state index contributed by atoms with van der Waals surface area (Å²) in [4.78, 5) is 17.9. The van der Waals surface area contributed by atoms with Gasteiger partial charge in [0.25, 0.3) is 5.91 Å². The fourth-order valence-electron chi connectivity index (χ4n) is 1.65. The number of pyridine rings is 1. The van der Waals surface area contributed by atoms with E-state index in [-0.39, 0.29) is 0 Å². The first-order valence-electron chi connectivity index (χ1n) is 5.62. The molecule has 0 aliphatic rings. The van der Waals surface area contributed by atoms with Crippen LogP contribution in [0.1, 0.15) is 25.7 Å². The Kier molecular flexibility index (Phi) is 3.62. The highest BCUT2D eigenvalue weighted by molar-refractivity contribution is 7.12. The number of aryl methyl sites for hydroxylation is 2. The minimum absolute atomic E-state index is 0.419. The minimum atomic E-state index is -0.468. The smallest absolute Gasteiger partial charge is 0.252 e. The zero-order valence-corrected chi connectivity index (χ0v) is 11.2. The van der Waals surface area contributed by atoms with E-state index in [2.05, 4.69) is 30.2 Å². The van der Waals surface area contributed by atoms with Gasteiger partial charge in [-0.1, -0.05) is 0 Å². The van der Waals surface area contributed by atoms with E-state index in [0.717, 1.165) is 0 Å². The Morgan fingerprint density at radius 1 is 1.50 bits per heavy atom. The number of nitrogens with two attached hydrogens (primary N) is 1. The molecule has 0 aromatic carbocycles.